The Morgan fingerprint density at radius 1 is 1.47 bits per heavy atom. The predicted molar refractivity (Wildman–Crippen MR) is 62.4 cm³/mol. The molecule has 1 aliphatic rings. The van der Waals surface area contributed by atoms with Gasteiger partial charge in [-0.15, -0.1) is 0 Å². The minimum absolute atomic E-state index is 0.0733. The number of ether oxygens (including phenoxy) is 3. The molecule has 1 fully saturated rings. The van der Waals surface area contributed by atoms with Gasteiger partial charge >= 0.3 is 0 Å². The van der Waals surface area contributed by atoms with Crippen molar-refractivity contribution < 1.29 is 14.2 Å². The number of aromatic nitrogens is 2. The van der Waals surface area contributed by atoms with Crippen LogP contribution in [0.3, 0.4) is 0 Å². The molecule has 0 spiro atoms. The molecule has 1 atom stereocenters. The van der Waals surface area contributed by atoms with E-state index in [1.165, 1.54) is 6.33 Å². The van der Waals surface area contributed by atoms with Crippen LogP contribution in [0.15, 0.2) is 6.33 Å². The largest absolute Gasteiger partial charge is 0.481 e. The van der Waals surface area contributed by atoms with Crippen LogP contribution in [0.1, 0.15) is 5.56 Å². The van der Waals surface area contributed by atoms with Gasteiger partial charge in [-0.05, 0) is 6.92 Å². The normalized spacial score (nSPS) is 20.0. The fourth-order valence-electron chi connectivity index (χ4n) is 1.68. The summed E-state index contributed by atoms with van der Waals surface area (Å²) in [6, 6.07) is 0. The first-order valence-corrected chi connectivity index (χ1v) is 5.60. The summed E-state index contributed by atoms with van der Waals surface area (Å²) in [5.74, 6) is 1.36. The molecule has 2 heterocycles. The van der Waals surface area contributed by atoms with Gasteiger partial charge in [0, 0.05) is 6.54 Å². The highest BCUT2D eigenvalue weighted by molar-refractivity contribution is 5.47. The lowest BCUT2D eigenvalue weighted by Crippen LogP contribution is -2.34. The van der Waals surface area contributed by atoms with E-state index in [0.717, 1.165) is 11.4 Å². The zero-order valence-corrected chi connectivity index (χ0v) is 10.1. The van der Waals surface area contributed by atoms with E-state index in [1.807, 2.05) is 6.92 Å². The number of hydrogen-bond acceptors (Lipinski definition) is 6. The third-order valence-electron chi connectivity index (χ3n) is 2.61. The molecule has 94 valence electrons. The lowest BCUT2D eigenvalue weighted by Gasteiger charge is -2.23. The van der Waals surface area contributed by atoms with Gasteiger partial charge in [0.1, 0.15) is 12.1 Å². The van der Waals surface area contributed by atoms with Crippen LogP contribution in [0.2, 0.25) is 0 Å². The summed E-state index contributed by atoms with van der Waals surface area (Å²) in [4.78, 5) is 8.20. The second-order valence-electron chi connectivity index (χ2n) is 3.81. The minimum Gasteiger partial charge on any atom is -0.481 e. The van der Waals surface area contributed by atoms with Crippen LogP contribution < -0.4 is 10.1 Å². The average Bonchev–Trinajstić information content (AvgIpc) is 2.39. The second-order valence-corrected chi connectivity index (χ2v) is 3.81. The Bertz CT molecular complexity index is 367. The fraction of sp³-hybridized carbons (Fsp3) is 0.636. The van der Waals surface area contributed by atoms with Gasteiger partial charge in [0.05, 0.1) is 38.6 Å². The summed E-state index contributed by atoms with van der Waals surface area (Å²) in [6.45, 7) is 4.53. The number of nitrogens with zero attached hydrogens (tertiary/aromatic N) is 2. The van der Waals surface area contributed by atoms with Crippen molar-refractivity contribution in [3.8, 4) is 5.88 Å². The van der Waals surface area contributed by atoms with Crippen LogP contribution in [0.5, 0.6) is 5.88 Å². The molecule has 17 heavy (non-hydrogen) atoms. The molecule has 1 aromatic rings. The van der Waals surface area contributed by atoms with Crippen molar-refractivity contribution in [2.24, 2.45) is 0 Å². The molecule has 0 saturated carbocycles. The van der Waals surface area contributed by atoms with E-state index in [2.05, 4.69) is 15.3 Å². The second kappa shape index (κ2) is 5.79. The molecule has 0 amide bonds. The van der Waals surface area contributed by atoms with Gasteiger partial charge in [-0.2, -0.15) is 0 Å². The van der Waals surface area contributed by atoms with Crippen LogP contribution in [-0.4, -0.2) is 49.5 Å². The van der Waals surface area contributed by atoms with Gasteiger partial charge in [-0.1, -0.05) is 0 Å². The zero-order chi connectivity index (χ0) is 12.1. The molecule has 0 aliphatic carbocycles. The van der Waals surface area contributed by atoms with Crippen molar-refractivity contribution in [3.05, 3.63) is 11.9 Å². The van der Waals surface area contributed by atoms with Gasteiger partial charge < -0.3 is 19.5 Å². The van der Waals surface area contributed by atoms with E-state index >= 15 is 0 Å². The van der Waals surface area contributed by atoms with Crippen molar-refractivity contribution >= 4 is 5.82 Å². The Labute approximate surface area is 100 Å². The van der Waals surface area contributed by atoms with Crippen LogP contribution in [0.4, 0.5) is 5.82 Å². The third-order valence-corrected chi connectivity index (χ3v) is 2.61. The van der Waals surface area contributed by atoms with Gasteiger partial charge in [0.2, 0.25) is 5.88 Å². The molecule has 0 radical (unpaired) electrons. The molecular formula is C11H17N3O3. The van der Waals surface area contributed by atoms with Gasteiger partial charge in [-0.3, -0.25) is 0 Å². The summed E-state index contributed by atoms with van der Waals surface area (Å²) in [5, 5.41) is 3.22. The average molecular weight is 239 g/mol. The molecule has 1 saturated heterocycles. The highest BCUT2D eigenvalue weighted by atomic mass is 16.6. The topological polar surface area (TPSA) is 65.5 Å². The third kappa shape index (κ3) is 3.04. The standard InChI is InChI=1S/C11H17N3O3/c1-8-10(13-7-14-11(8)15-2)12-5-9-6-16-3-4-17-9/h7,9H,3-6H2,1-2H3,(H,12,13,14). The van der Waals surface area contributed by atoms with Gasteiger partial charge in [0.15, 0.2) is 0 Å². The highest BCUT2D eigenvalue weighted by Crippen LogP contribution is 2.19. The molecule has 1 N–H and O–H groups in total. The Balaban J connectivity index is 1.93. The maximum atomic E-state index is 5.53. The molecular weight excluding hydrogens is 222 g/mol. The van der Waals surface area contributed by atoms with Crippen molar-refractivity contribution in [1.82, 2.24) is 9.97 Å². The Hall–Kier alpha value is -1.40. The van der Waals surface area contributed by atoms with Crippen LogP contribution in [0.25, 0.3) is 0 Å². The Morgan fingerprint density at radius 2 is 2.35 bits per heavy atom. The Morgan fingerprint density at radius 3 is 3.06 bits per heavy atom. The van der Waals surface area contributed by atoms with E-state index in [1.54, 1.807) is 7.11 Å². The number of hydrogen-bond donors (Lipinski definition) is 1. The smallest absolute Gasteiger partial charge is 0.221 e. The first kappa shape index (κ1) is 12.1. The molecule has 1 unspecified atom stereocenters. The number of anilines is 1. The summed E-state index contributed by atoms with van der Waals surface area (Å²) in [7, 11) is 1.59. The van der Waals surface area contributed by atoms with E-state index in [9.17, 15) is 0 Å². The molecule has 0 bridgehead atoms. The molecule has 0 aromatic carbocycles. The summed E-state index contributed by atoms with van der Waals surface area (Å²) in [6.07, 6.45) is 1.55. The van der Waals surface area contributed by atoms with Crippen LogP contribution in [0, 0.1) is 6.92 Å². The molecule has 1 aromatic heterocycles. The Kier molecular flexibility index (Phi) is 4.11. The molecule has 6 nitrogen and oxygen atoms in total. The first-order valence-electron chi connectivity index (χ1n) is 5.60. The van der Waals surface area contributed by atoms with Crippen molar-refractivity contribution in [3.63, 3.8) is 0 Å². The maximum Gasteiger partial charge on any atom is 0.221 e. The quantitative estimate of drug-likeness (QED) is 0.831. The van der Waals surface area contributed by atoms with Crippen molar-refractivity contribution in [2.75, 3.05) is 38.8 Å². The lowest BCUT2D eigenvalue weighted by atomic mass is 10.3. The summed E-state index contributed by atoms with van der Waals surface area (Å²) in [5.41, 5.74) is 0.895. The van der Waals surface area contributed by atoms with Gasteiger partial charge in [-0.25, -0.2) is 9.97 Å². The maximum absolute atomic E-state index is 5.53. The number of methoxy groups -OCH3 is 1. The minimum atomic E-state index is 0.0733. The van der Waals surface area contributed by atoms with E-state index in [-0.39, 0.29) is 6.10 Å². The van der Waals surface area contributed by atoms with Crippen molar-refractivity contribution in [2.45, 2.75) is 13.0 Å². The predicted octanol–water partition coefficient (Wildman–Crippen LogP) is 0.621. The number of nitrogens with one attached hydrogen (secondary N) is 1. The monoisotopic (exact) mass is 239 g/mol. The van der Waals surface area contributed by atoms with Crippen molar-refractivity contribution in [1.29, 1.82) is 0 Å². The van der Waals surface area contributed by atoms with Crippen LogP contribution in [-0.2, 0) is 9.47 Å². The molecule has 2 rings (SSSR count). The number of rotatable bonds is 4. The first-order chi connectivity index (χ1) is 8.31. The van der Waals surface area contributed by atoms with E-state index < -0.39 is 0 Å². The fourth-order valence-corrected chi connectivity index (χ4v) is 1.68. The lowest BCUT2D eigenvalue weighted by molar-refractivity contribution is -0.0819. The summed E-state index contributed by atoms with van der Waals surface area (Å²) >= 11 is 0. The van der Waals surface area contributed by atoms with E-state index in [4.69, 9.17) is 14.2 Å². The van der Waals surface area contributed by atoms with E-state index in [0.29, 0.717) is 32.2 Å². The van der Waals surface area contributed by atoms with Gasteiger partial charge in [0.25, 0.3) is 0 Å². The summed E-state index contributed by atoms with van der Waals surface area (Å²) < 4.78 is 16.0. The molecule has 1 aliphatic heterocycles. The molecule has 6 heteroatoms. The SMILES string of the molecule is COc1ncnc(NCC2COCCO2)c1C. The van der Waals surface area contributed by atoms with Crippen LogP contribution >= 0.6 is 0 Å². The zero-order valence-electron chi connectivity index (χ0n) is 10.1. The highest BCUT2D eigenvalue weighted by Gasteiger charge is 2.15.